The third kappa shape index (κ3) is 66.9. The molecule has 0 bridgehead atoms. The Bertz CT molecular complexity index is 1990. The molecule has 0 aromatic carbocycles. The second-order valence-corrected chi connectivity index (χ2v) is 20.9. The fraction of sp³-hybridized carbons (Fsp3) is 0.545. The van der Waals surface area contributed by atoms with E-state index in [0.29, 0.717) is 19.3 Å². The molecule has 0 aromatic rings. The third-order valence-corrected chi connectivity index (χ3v) is 13.1. The highest BCUT2D eigenvalue weighted by molar-refractivity contribution is 5.71. The lowest BCUT2D eigenvalue weighted by molar-refractivity contribution is -0.167. The van der Waals surface area contributed by atoms with E-state index in [1.807, 2.05) is 0 Å². The normalized spacial score (nSPS) is 13.4. The Kier molecular flexibility index (Phi) is 64.0. The van der Waals surface area contributed by atoms with Crippen molar-refractivity contribution in [1.82, 2.24) is 0 Å². The van der Waals surface area contributed by atoms with Gasteiger partial charge in [-0.2, -0.15) is 0 Å². The lowest BCUT2D eigenvalue weighted by Crippen LogP contribution is -2.30. The minimum absolute atomic E-state index is 0.113. The molecule has 0 heterocycles. The summed E-state index contributed by atoms with van der Waals surface area (Å²) in [6.07, 6.45) is 105. The average molecular weight is 1140 g/mol. The van der Waals surface area contributed by atoms with Gasteiger partial charge in [-0.3, -0.25) is 14.4 Å². The van der Waals surface area contributed by atoms with E-state index >= 15 is 0 Å². The molecule has 0 N–H and O–H groups in total. The number of esters is 3. The second-order valence-electron chi connectivity index (χ2n) is 20.9. The topological polar surface area (TPSA) is 78.9 Å². The van der Waals surface area contributed by atoms with Gasteiger partial charge in [0.15, 0.2) is 6.10 Å². The monoisotopic (exact) mass is 1140 g/mol. The molecule has 0 spiro atoms. The molecule has 462 valence electrons. The Balaban J connectivity index is 4.21. The lowest BCUT2D eigenvalue weighted by atomic mass is 10.1. The summed E-state index contributed by atoms with van der Waals surface area (Å²) in [6.45, 7) is 6.26. The minimum atomic E-state index is -0.819. The van der Waals surface area contributed by atoms with Crippen molar-refractivity contribution in [2.24, 2.45) is 0 Å². The summed E-state index contributed by atoms with van der Waals surface area (Å²) < 4.78 is 16.7. The summed E-state index contributed by atoms with van der Waals surface area (Å²) in [7, 11) is 0. The summed E-state index contributed by atoms with van der Waals surface area (Å²) >= 11 is 0. The van der Waals surface area contributed by atoms with Crippen LogP contribution < -0.4 is 0 Å². The van der Waals surface area contributed by atoms with Gasteiger partial charge in [0.1, 0.15) is 13.2 Å². The molecule has 0 saturated heterocycles. The lowest BCUT2D eigenvalue weighted by Gasteiger charge is -2.18. The van der Waals surface area contributed by atoms with Gasteiger partial charge in [-0.25, -0.2) is 0 Å². The molecule has 1 unspecified atom stereocenters. The van der Waals surface area contributed by atoms with Crippen molar-refractivity contribution in [2.45, 2.75) is 258 Å². The number of ether oxygens (including phenoxy) is 3. The van der Waals surface area contributed by atoms with Gasteiger partial charge in [0.25, 0.3) is 0 Å². The van der Waals surface area contributed by atoms with Crippen LogP contribution in [-0.4, -0.2) is 37.2 Å². The molecular formula is C77H118O6. The Morgan fingerprint density at radius 3 is 0.771 bits per heavy atom. The van der Waals surface area contributed by atoms with Crippen molar-refractivity contribution in [1.29, 1.82) is 0 Å². The molecule has 1 atom stereocenters. The zero-order chi connectivity index (χ0) is 59.9. The number of allylic oxidation sites excluding steroid dienone is 32. The van der Waals surface area contributed by atoms with Gasteiger partial charge in [0.05, 0.1) is 0 Å². The van der Waals surface area contributed by atoms with Crippen LogP contribution in [0.1, 0.15) is 252 Å². The largest absolute Gasteiger partial charge is 0.462 e. The van der Waals surface area contributed by atoms with Gasteiger partial charge in [-0.05, 0) is 141 Å². The van der Waals surface area contributed by atoms with E-state index in [4.69, 9.17) is 14.2 Å². The van der Waals surface area contributed by atoms with Crippen LogP contribution in [0.4, 0.5) is 0 Å². The maximum absolute atomic E-state index is 12.8. The van der Waals surface area contributed by atoms with Gasteiger partial charge in [0, 0.05) is 19.3 Å². The summed E-state index contributed by atoms with van der Waals surface area (Å²) in [5.74, 6) is -1.00. The summed E-state index contributed by atoms with van der Waals surface area (Å²) in [5, 5.41) is 0. The second kappa shape index (κ2) is 68.7. The van der Waals surface area contributed by atoms with Crippen LogP contribution in [0.2, 0.25) is 0 Å². The highest BCUT2D eigenvalue weighted by Gasteiger charge is 2.19. The van der Waals surface area contributed by atoms with Crippen LogP contribution in [-0.2, 0) is 28.6 Å². The molecule has 0 saturated carbocycles. The minimum Gasteiger partial charge on any atom is -0.462 e. The number of carbonyl (C=O) groups is 3. The van der Waals surface area contributed by atoms with E-state index in [1.54, 1.807) is 0 Å². The maximum atomic E-state index is 12.8. The number of hydrogen-bond donors (Lipinski definition) is 0. The average Bonchev–Trinajstić information content (AvgIpc) is 3.48. The standard InChI is InChI=1S/C77H118O6/c1-4-7-10-13-15-17-19-21-23-25-27-29-31-33-35-37-38-40-41-43-45-47-49-51-53-55-57-59-61-64-67-70-76(79)82-73-74(72-81-75(78)69-66-63-12-9-6-3)83-77(80)71-68-65-62-60-58-56-54-52-50-48-46-44-42-39-36-34-32-30-28-26-24-22-20-18-16-14-11-8-5-2/h7-8,10-11,15-18,21-24,27-30,33-36,38,40,42-45,48,50,54,56,60,62,74H,4-6,9,12-14,19-20,25-26,31-32,37,39,41,46-47,49,51-53,55,57-59,61,63-73H2,1-3H3/b10-7-,11-8-,17-15-,18-16-,23-21-,24-22-,29-27-,30-28-,35-33-,36-34-,40-38-,44-42-,45-43-,50-48-,56-54-,62-60-. The fourth-order valence-electron chi connectivity index (χ4n) is 8.25. The molecule has 83 heavy (non-hydrogen) atoms. The van der Waals surface area contributed by atoms with Gasteiger partial charge < -0.3 is 14.2 Å². The molecule has 0 radical (unpaired) electrons. The molecule has 0 rings (SSSR count). The Labute approximate surface area is 509 Å². The summed E-state index contributed by atoms with van der Waals surface area (Å²) in [5.41, 5.74) is 0. The molecule has 0 aliphatic rings. The Hall–Kier alpha value is -5.75. The first-order chi connectivity index (χ1) is 41.0. The fourth-order valence-corrected chi connectivity index (χ4v) is 8.25. The Morgan fingerprint density at radius 2 is 0.482 bits per heavy atom. The van der Waals surface area contributed by atoms with Crippen molar-refractivity contribution in [2.75, 3.05) is 13.2 Å². The maximum Gasteiger partial charge on any atom is 0.306 e. The number of carbonyl (C=O) groups excluding carboxylic acids is 3. The molecule has 0 aromatic heterocycles. The van der Waals surface area contributed by atoms with Crippen LogP contribution in [0.3, 0.4) is 0 Å². The van der Waals surface area contributed by atoms with Gasteiger partial charge in [-0.1, -0.05) is 286 Å². The van der Waals surface area contributed by atoms with E-state index in [9.17, 15) is 14.4 Å². The van der Waals surface area contributed by atoms with E-state index in [-0.39, 0.29) is 37.5 Å². The SMILES string of the molecule is CC/C=C\C/C=C\C/C=C\C/C=C\C/C=C\C/C=C\C/C=C\C/C=C\C/C=C\CCCC(=O)OC(COC(=O)CCCCCCC)COC(=O)CCCCCCCCCCC/C=C\C/C=C\C/C=C\C/C=C\C/C=C\C/C=C\C/C=C\CC. The van der Waals surface area contributed by atoms with Crippen LogP contribution in [0, 0.1) is 0 Å². The van der Waals surface area contributed by atoms with E-state index in [2.05, 4.69) is 215 Å². The summed E-state index contributed by atoms with van der Waals surface area (Å²) in [4.78, 5) is 37.9. The molecule has 0 fully saturated rings. The van der Waals surface area contributed by atoms with Crippen molar-refractivity contribution in [3.05, 3.63) is 194 Å². The predicted octanol–water partition coefficient (Wildman–Crippen LogP) is 23.0. The van der Waals surface area contributed by atoms with E-state index < -0.39 is 6.10 Å². The quantitative estimate of drug-likeness (QED) is 0.0261. The van der Waals surface area contributed by atoms with Gasteiger partial charge in [0.2, 0.25) is 0 Å². The summed E-state index contributed by atoms with van der Waals surface area (Å²) in [6, 6.07) is 0. The first-order valence-corrected chi connectivity index (χ1v) is 32.9. The van der Waals surface area contributed by atoms with Crippen molar-refractivity contribution < 1.29 is 28.6 Å². The number of hydrogen-bond acceptors (Lipinski definition) is 6. The molecule has 6 nitrogen and oxygen atoms in total. The van der Waals surface area contributed by atoms with Crippen molar-refractivity contribution in [3.8, 4) is 0 Å². The number of unbranched alkanes of at least 4 members (excludes halogenated alkanes) is 14. The predicted molar refractivity (Wildman–Crippen MR) is 361 cm³/mol. The first-order valence-electron chi connectivity index (χ1n) is 32.9. The number of rotatable bonds is 57. The van der Waals surface area contributed by atoms with Crippen molar-refractivity contribution in [3.63, 3.8) is 0 Å². The van der Waals surface area contributed by atoms with Gasteiger partial charge in [-0.15, -0.1) is 0 Å². The van der Waals surface area contributed by atoms with Crippen LogP contribution in [0.5, 0.6) is 0 Å². The molecule has 0 aliphatic heterocycles. The van der Waals surface area contributed by atoms with Crippen LogP contribution in [0.15, 0.2) is 194 Å². The van der Waals surface area contributed by atoms with Crippen LogP contribution in [0.25, 0.3) is 0 Å². The van der Waals surface area contributed by atoms with E-state index in [1.165, 1.54) is 38.5 Å². The van der Waals surface area contributed by atoms with E-state index in [0.717, 1.165) is 167 Å². The highest BCUT2D eigenvalue weighted by Crippen LogP contribution is 2.14. The Morgan fingerprint density at radius 1 is 0.253 bits per heavy atom. The molecule has 0 amide bonds. The van der Waals surface area contributed by atoms with Gasteiger partial charge >= 0.3 is 17.9 Å². The van der Waals surface area contributed by atoms with Crippen LogP contribution >= 0.6 is 0 Å². The zero-order valence-electron chi connectivity index (χ0n) is 52.9. The first kappa shape index (κ1) is 77.2. The molecule has 0 aliphatic carbocycles. The highest BCUT2D eigenvalue weighted by atomic mass is 16.6. The third-order valence-electron chi connectivity index (χ3n) is 13.1. The zero-order valence-corrected chi connectivity index (χ0v) is 52.9. The smallest absolute Gasteiger partial charge is 0.306 e. The van der Waals surface area contributed by atoms with Crippen molar-refractivity contribution >= 4 is 17.9 Å². The molecule has 6 heteroatoms. The molecular weight excluding hydrogens is 1020 g/mol.